The maximum absolute atomic E-state index is 12.2. The van der Waals surface area contributed by atoms with Crippen molar-refractivity contribution < 1.29 is 24.5 Å². The van der Waals surface area contributed by atoms with E-state index in [1.165, 1.54) is 18.7 Å². The Balaban J connectivity index is 0.00000384. The van der Waals surface area contributed by atoms with Crippen LogP contribution in [-0.2, 0) is 4.79 Å². The van der Waals surface area contributed by atoms with Crippen LogP contribution in [0.1, 0.15) is 71.9 Å². The highest BCUT2D eigenvalue weighted by Crippen LogP contribution is 2.42. The number of aliphatic hydroxyl groups excluding tert-OH is 1. The van der Waals surface area contributed by atoms with Crippen molar-refractivity contribution in [1.82, 2.24) is 19.7 Å². The summed E-state index contributed by atoms with van der Waals surface area (Å²) < 4.78 is 7.63. The van der Waals surface area contributed by atoms with Gasteiger partial charge in [0.2, 0.25) is 0 Å². The number of hydrogen-bond acceptors (Lipinski definition) is 7. The van der Waals surface area contributed by atoms with Gasteiger partial charge in [-0.2, -0.15) is 5.10 Å². The highest BCUT2D eigenvalue weighted by Gasteiger charge is 2.30. The summed E-state index contributed by atoms with van der Waals surface area (Å²) in [5.74, 6) is 0.494. The van der Waals surface area contributed by atoms with Crippen LogP contribution in [-0.4, -0.2) is 67.6 Å². The summed E-state index contributed by atoms with van der Waals surface area (Å²) >= 11 is 0. The minimum absolute atomic E-state index is 0. The number of carbonyl (C=O) groups excluding carboxylic acids is 1. The van der Waals surface area contributed by atoms with E-state index in [2.05, 4.69) is 35.5 Å². The number of aliphatic hydroxyl groups is 1. The lowest BCUT2D eigenvalue weighted by molar-refractivity contribution is -0.140. The van der Waals surface area contributed by atoms with Gasteiger partial charge in [-0.05, 0) is 74.9 Å². The molecule has 2 aliphatic heterocycles. The predicted molar refractivity (Wildman–Crippen MR) is 168 cm³/mol. The smallest absolute Gasteiger partial charge is 0.339 e. The first-order valence-corrected chi connectivity index (χ1v) is 14.6. The molecule has 10 nitrogen and oxygen atoms in total. The second kappa shape index (κ2) is 12.5. The van der Waals surface area contributed by atoms with Crippen LogP contribution in [0.3, 0.4) is 0 Å². The number of carboxylic acids is 1. The fourth-order valence-electron chi connectivity index (χ4n) is 6.15. The summed E-state index contributed by atoms with van der Waals surface area (Å²) in [6, 6.07) is 18.0. The number of amides is 1. The van der Waals surface area contributed by atoms with E-state index in [0.29, 0.717) is 37.1 Å². The average Bonchev–Trinajstić information content (AvgIpc) is 3.61. The molecule has 0 bridgehead atoms. The summed E-state index contributed by atoms with van der Waals surface area (Å²) in [5.41, 5.74) is 6.77. The second-order valence-electron chi connectivity index (χ2n) is 11.3. The van der Waals surface area contributed by atoms with E-state index in [1.54, 1.807) is 16.5 Å². The third kappa shape index (κ3) is 5.77. The molecule has 2 aromatic carbocycles. The number of piperidine rings is 1. The van der Waals surface area contributed by atoms with Gasteiger partial charge in [0, 0.05) is 29.9 Å². The van der Waals surface area contributed by atoms with Gasteiger partial charge in [0.1, 0.15) is 24.0 Å². The lowest BCUT2D eigenvalue weighted by Crippen LogP contribution is -2.42. The Labute approximate surface area is 257 Å². The summed E-state index contributed by atoms with van der Waals surface area (Å²) in [5, 5.41) is 27.0. The van der Waals surface area contributed by atoms with Crippen molar-refractivity contribution in [3.63, 3.8) is 0 Å². The van der Waals surface area contributed by atoms with E-state index in [4.69, 9.17) is 9.72 Å². The van der Waals surface area contributed by atoms with Gasteiger partial charge < -0.3 is 25.2 Å². The first-order chi connectivity index (χ1) is 20.7. The van der Waals surface area contributed by atoms with Crippen LogP contribution in [0.15, 0.2) is 60.8 Å². The monoisotopic (exact) mass is 597 g/mol. The third-order valence-electron chi connectivity index (χ3n) is 8.50. The van der Waals surface area contributed by atoms with Gasteiger partial charge in [-0.25, -0.2) is 14.5 Å². The minimum Gasteiger partial charge on any atom is -0.491 e. The molecule has 4 heterocycles. The quantitative estimate of drug-likeness (QED) is 0.254. The Morgan fingerprint density at radius 1 is 1.07 bits per heavy atom. The van der Waals surface area contributed by atoms with Crippen molar-refractivity contribution in [2.24, 2.45) is 0 Å². The van der Waals surface area contributed by atoms with E-state index < -0.39 is 12.1 Å². The molecule has 3 N–H and O–H groups in total. The van der Waals surface area contributed by atoms with E-state index in [1.807, 2.05) is 36.4 Å². The number of likely N-dealkylation sites (tertiary alicyclic amines) is 1. The lowest BCUT2D eigenvalue weighted by Gasteiger charge is -2.33. The van der Waals surface area contributed by atoms with E-state index in [-0.39, 0.29) is 24.9 Å². The zero-order chi connectivity index (χ0) is 30.2. The maximum Gasteiger partial charge on any atom is 0.339 e. The molecule has 1 saturated heterocycles. The van der Waals surface area contributed by atoms with Crippen LogP contribution in [0.2, 0.25) is 0 Å². The zero-order valence-corrected chi connectivity index (χ0v) is 24.4. The number of fused-ring (bicyclic) bond motifs is 1. The SMILES string of the molecule is C.Cc1cc(C2CCN(C(=O)[C@H](C)O)CC2)ccc1NC1COc2cccc(-c3cccc(-n4ncc(C(=O)O)c4C)n3)c21. The lowest BCUT2D eigenvalue weighted by atomic mass is 9.88. The standard InChI is InChI=1S/C33H35N5O5.CH4/c1-19-16-23(22-12-14-37(15-13-22)32(40)21(3)39)10-11-26(19)35-28-18-43-29-8-4-6-24(31(28)29)27-7-5-9-30(36-27)38-20(2)25(17-34-38)33(41)42;/h4-11,16-17,21-22,28,35,39H,12-15,18H2,1-3H3,(H,41,42);1H4/t21-,28?;/m0./s1. The molecule has 44 heavy (non-hydrogen) atoms. The number of benzene rings is 2. The zero-order valence-electron chi connectivity index (χ0n) is 24.4. The molecule has 6 rings (SSSR count). The van der Waals surface area contributed by atoms with Crippen molar-refractivity contribution in [3.05, 3.63) is 88.7 Å². The predicted octanol–water partition coefficient (Wildman–Crippen LogP) is 5.52. The number of rotatable bonds is 7. The molecule has 4 aromatic rings. The number of hydrogen-bond donors (Lipinski definition) is 3. The first kappa shape index (κ1) is 30.7. The minimum atomic E-state index is -1.02. The van der Waals surface area contributed by atoms with Crippen LogP contribution in [0.4, 0.5) is 5.69 Å². The number of nitrogens with one attached hydrogen (secondary N) is 1. The summed E-state index contributed by atoms with van der Waals surface area (Å²) in [4.78, 5) is 30.3. The second-order valence-corrected chi connectivity index (χ2v) is 11.3. The van der Waals surface area contributed by atoms with E-state index in [9.17, 15) is 19.8 Å². The average molecular weight is 598 g/mol. The van der Waals surface area contributed by atoms with Gasteiger partial charge >= 0.3 is 5.97 Å². The number of nitrogens with zero attached hydrogens (tertiary/aromatic N) is 4. The molecule has 2 aliphatic rings. The van der Waals surface area contributed by atoms with Crippen LogP contribution in [0.25, 0.3) is 17.1 Å². The normalized spacial score (nSPS) is 16.9. The van der Waals surface area contributed by atoms with E-state index in [0.717, 1.165) is 46.7 Å². The molecule has 1 amide bonds. The largest absolute Gasteiger partial charge is 0.491 e. The number of aromatic nitrogens is 3. The molecule has 0 spiro atoms. The van der Waals surface area contributed by atoms with Gasteiger partial charge in [-0.1, -0.05) is 37.8 Å². The van der Waals surface area contributed by atoms with Crippen molar-refractivity contribution in [2.45, 2.75) is 59.1 Å². The number of aryl methyl sites for hydroxylation is 1. The van der Waals surface area contributed by atoms with Crippen LogP contribution in [0.5, 0.6) is 5.75 Å². The maximum atomic E-state index is 12.2. The number of aromatic carboxylic acids is 1. The van der Waals surface area contributed by atoms with Crippen LogP contribution >= 0.6 is 0 Å². The van der Waals surface area contributed by atoms with Crippen LogP contribution < -0.4 is 10.1 Å². The molecular formula is C34H39N5O5. The van der Waals surface area contributed by atoms with Crippen LogP contribution in [0, 0.1) is 13.8 Å². The third-order valence-corrected chi connectivity index (χ3v) is 8.50. The molecule has 0 aliphatic carbocycles. The Morgan fingerprint density at radius 3 is 2.50 bits per heavy atom. The first-order valence-electron chi connectivity index (χ1n) is 14.6. The highest BCUT2D eigenvalue weighted by atomic mass is 16.5. The van der Waals surface area contributed by atoms with Gasteiger partial charge in [0.25, 0.3) is 5.91 Å². The molecule has 1 fully saturated rings. The van der Waals surface area contributed by atoms with Gasteiger partial charge in [-0.3, -0.25) is 4.79 Å². The topological polar surface area (TPSA) is 130 Å². The number of carboxylic acid groups (broad SMARTS) is 1. The van der Waals surface area contributed by atoms with Gasteiger partial charge in [0.15, 0.2) is 5.82 Å². The van der Waals surface area contributed by atoms with Crippen molar-refractivity contribution >= 4 is 17.6 Å². The number of carbonyl (C=O) groups is 2. The summed E-state index contributed by atoms with van der Waals surface area (Å²) in [7, 11) is 0. The molecule has 230 valence electrons. The summed E-state index contributed by atoms with van der Waals surface area (Å²) in [6.07, 6.45) is 2.13. The molecule has 0 radical (unpaired) electrons. The summed E-state index contributed by atoms with van der Waals surface area (Å²) in [6.45, 7) is 7.12. The van der Waals surface area contributed by atoms with E-state index >= 15 is 0 Å². The van der Waals surface area contributed by atoms with Crippen molar-refractivity contribution in [2.75, 3.05) is 25.0 Å². The molecule has 10 heteroatoms. The Bertz CT molecular complexity index is 1690. The van der Waals surface area contributed by atoms with Gasteiger partial charge in [0.05, 0.1) is 23.6 Å². The highest BCUT2D eigenvalue weighted by molar-refractivity contribution is 5.88. The van der Waals surface area contributed by atoms with Gasteiger partial charge in [-0.15, -0.1) is 0 Å². The Kier molecular flexibility index (Phi) is 8.73. The number of ether oxygens (including phenoxy) is 1. The molecular weight excluding hydrogens is 558 g/mol. The molecule has 2 aromatic heterocycles. The van der Waals surface area contributed by atoms with Crippen molar-refractivity contribution in [3.8, 4) is 22.8 Å². The molecule has 0 saturated carbocycles. The number of anilines is 1. The molecule has 1 unspecified atom stereocenters. The Morgan fingerprint density at radius 2 is 1.82 bits per heavy atom. The molecule has 2 atom stereocenters. The fraction of sp³-hybridized carbons (Fsp3) is 0.353. The Hall–Kier alpha value is -4.70. The number of pyridine rings is 1. The fourth-order valence-corrected chi connectivity index (χ4v) is 6.15. The van der Waals surface area contributed by atoms with Crippen molar-refractivity contribution in [1.29, 1.82) is 0 Å².